The summed E-state index contributed by atoms with van der Waals surface area (Å²) >= 11 is 1.50. The van der Waals surface area contributed by atoms with E-state index in [1.165, 1.54) is 11.3 Å². The zero-order valence-corrected chi connectivity index (χ0v) is 35.0. The van der Waals surface area contributed by atoms with Crippen molar-refractivity contribution < 1.29 is 33.4 Å². The number of aromatic nitrogens is 1. The second-order valence-electron chi connectivity index (χ2n) is 15.1. The molecule has 1 aromatic heterocycles. The Hall–Kier alpha value is -4.33. The molecule has 56 heavy (non-hydrogen) atoms. The van der Waals surface area contributed by atoms with Crippen LogP contribution in [0.4, 0.5) is 4.79 Å². The van der Waals surface area contributed by atoms with Crippen LogP contribution in [0.3, 0.4) is 0 Å². The third kappa shape index (κ3) is 11.8. The van der Waals surface area contributed by atoms with Gasteiger partial charge < -0.3 is 34.6 Å². The highest BCUT2D eigenvalue weighted by Crippen LogP contribution is 2.30. The summed E-state index contributed by atoms with van der Waals surface area (Å²) in [5.41, 5.74) is 1.93. The number of hydrogen-bond acceptors (Lipinski definition) is 9. The van der Waals surface area contributed by atoms with Crippen LogP contribution in [0.5, 0.6) is 0 Å². The maximum Gasteiger partial charge on any atom is 0.408 e. The molecule has 1 fully saturated rings. The lowest BCUT2D eigenvalue weighted by Crippen LogP contribution is -2.57. The minimum absolute atomic E-state index is 0.0265. The molecule has 0 saturated carbocycles. The molecule has 2 N–H and O–H groups in total. The molecule has 2 aromatic carbocycles. The Labute approximate surface area is 336 Å². The highest BCUT2D eigenvalue weighted by molar-refractivity contribution is 7.09. The van der Waals surface area contributed by atoms with Crippen LogP contribution >= 0.6 is 11.3 Å². The van der Waals surface area contributed by atoms with Gasteiger partial charge in [0, 0.05) is 39.4 Å². The molecule has 13 heteroatoms. The van der Waals surface area contributed by atoms with Crippen LogP contribution in [0.1, 0.15) is 82.5 Å². The first-order chi connectivity index (χ1) is 26.9. The quantitative estimate of drug-likeness (QED) is 0.134. The number of nitrogens with zero attached hydrogens (tertiary/aromatic N) is 3. The van der Waals surface area contributed by atoms with E-state index in [2.05, 4.69) is 15.6 Å². The van der Waals surface area contributed by atoms with Crippen LogP contribution in [-0.2, 0) is 41.6 Å². The third-order valence-corrected chi connectivity index (χ3v) is 11.9. The number of ether oxygens (including phenoxy) is 3. The fraction of sp³-hybridized carbons (Fsp3) is 0.558. The van der Waals surface area contributed by atoms with Crippen LogP contribution in [0.15, 0.2) is 72.2 Å². The maximum atomic E-state index is 14.3. The average Bonchev–Trinajstić information content (AvgIpc) is 3.93. The molecule has 4 amide bonds. The molecule has 0 radical (unpaired) electrons. The first-order valence-corrected chi connectivity index (χ1v) is 20.6. The Morgan fingerprint density at radius 2 is 1.61 bits per heavy atom. The zero-order valence-electron chi connectivity index (χ0n) is 34.2. The number of alkyl carbamates (subject to hydrolysis) is 1. The predicted molar refractivity (Wildman–Crippen MR) is 218 cm³/mol. The fourth-order valence-electron chi connectivity index (χ4n) is 7.69. The number of thiazole rings is 1. The molecule has 0 unspecified atom stereocenters. The van der Waals surface area contributed by atoms with Crippen molar-refractivity contribution in [1.29, 1.82) is 0 Å². The Balaban J connectivity index is 1.45. The fourth-order valence-corrected chi connectivity index (χ4v) is 8.38. The minimum atomic E-state index is -0.857. The Bertz CT molecular complexity index is 1660. The van der Waals surface area contributed by atoms with Gasteiger partial charge in [0.05, 0.1) is 42.7 Å². The van der Waals surface area contributed by atoms with Crippen molar-refractivity contribution in [2.45, 2.75) is 110 Å². The van der Waals surface area contributed by atoms with E-state index >= 15 is 0 Å². The van der Waals surface area contributed by atoms with Crippen LogP contribution in [0.25, 0.3) is 0 Å². The van der Waals surface area contributed by atoms with Gasteiger partial charge in [0.1, 0.15) is 17.7 Å². The molecular formula is C43H61N5O7S. The van der Waals surface area contributed by atoms with Crippen molar-refractivity contribution in [3.8, 4) is 0 Å². The van der Waals surface area contributed by atoms with Gasteiger partial charge in [-0.3, -0.25) is 14.4 Å². The van der Waals surface area contributed by atoms with Crippen molar-refractivity contribution in [3.05, 3.63) is 88.4 Å². The van der Waals surface area contributed by atoms with E-state index in [0.29, 0.717) is 19.4 Å². The second-order valence-corrected chi connectivity index (χ2v) is 16.1. The molecule has 1 aliphatic rings. The van der Waals surface area contributed by atoms with Gasteiger partial charge in [-0.25, -0.2) is 9.78 Å². The summed E-state index contributed by atoms with van der Waals surface area (Å²) in [5, 5.41) is 8.73. The number of likely N-dealkylation sites (N-methyl/N-ethyl adjacent to an activating group) is 1. The standard InChI is InChI=1S/C43H61N5O7S/c1-9-29(4)38(47(6)42(51)37(28(2)3)46-43(52)55-27-32-19-14-11-15-20-32)35(53-7)26-36(49)48-23-16-21-34(48)39(54-8)30(5)40(50)45-33(41-44-22-24-56-41)25-31-17-12-10-13-18-31/h10-15,17-20,22,24,28-30,33-35,37-39H,9,16,21,23,25-27H2,1-8H3,(H,45,50)(H,46,52)/t29-,30+,33-,34-,35+,37-,38-,39+/m0/s1. The summed E-state index contributed by atoms with van der Waals surface area (Å²) in [6, 6.07) is 17.4. The molecular weight excluding hydrogens is 731 g/mol. The maximum absolute atomic E-state index is 14.3. The topological polar surface area (TPSA) is 139 Å². The number of benzene rings is 2. The predicted octanol–water partition coefficient (Wildman–Crippen LogP) is 6.41. The largest absolute Gasteiger partial charge is 0.445 e. The van der Waals surface area contributed by atoms with Gasteiger partial charge in [-0.1, -0.05) is 102 Å². The number of carbonyl (C=O) groups is 4. The van der Waals surface area contributed by atoms with Gasteiger partial charge in [-0.15, -0.1) is 11.3 Å². The highest BCUT2D eigenvalue weighted by Gasteiger charge is 2.43. The van der Waals surface area contributed by atoms with E-state index < -0.39 is 36.3 Å². The van der Waals surface area contributed by atoms with Gasteiger partial charge in [0.2, 0.25) is 17.7 Å². The van der Waals surface area contributed by atoms with Crippen molar-refractivity contribution in [2.24, 2.45) is 17.8 Å². The summed E-state index contributed by atoms with van der Waals surface area (Å²) in [5.74, 6) is -1.43. The summed E-state index contributed by atoms with van der Waals surface area (Å²) in [7, 11) is 4.86. The molecule has 1 aliphatic heterocycles. The van der Waals surface area contributed by atoms with E-state index in [9.17, 15) is 19.2 Å². The summed E-state index contributed by atoms with van der Waals surface area (Å²) in [4.78, 5) is 63.1. The SMILES string of the molecule is CC[C@H](C)[C@@H]([C@@H](CC(=O)N1CCC[C@H]1[C@H](OC)[C@@H](C)C(=O)N[C@@H](Cc1ccccc1)c1nccs1)OC)N(C)C(=O)[C@@H](NC(=O)OCc1ccccc1)C(C)C. The summed E-state index contributed by atoms with van der Waals surface area (Å²) in [6.07, 6.45) is 2.68. The Morgan fingerprint density at radius 3 is 2.18 bits per heavy atom. The number of nitrogens with one attached hydrogen (secondary N) is 2. The van der Waals surface area contributed by atoms with Gasteiger partial charge in [0.25, 0.3) is 0 Å². The number of likely N-dealkylation sites (tertiary alicyclic amines) is 1. The molecule has 0 spiro atoms. The van der Waals surface area contributed by atoms with E-state index in [-0.39, 0.29) is 54.7 Å². The first-order valence-electron chi connectivity index (χ1n) is 19.7. The normalized spacial score (nSPS) is 17.9. The molecule has 3 aromatic rings. The average molecular weight is 792 g/mol. The van der Waals surface area contributed by atoms with Gasteiger partial charge in [-0.2, -0.15) is 0 Å². The summed E-state index contributed by atoms with van der Waals surface area (Å²) in [6.45, 7) is 10.3. The van der Waals surface area contributed by atoms with Crippen LogP contribution < -0.4 is 10.6 Å². The Kier molecular flexibility index (Phi) is 17.3. The smallest absolute Gasteiger partial charge is 0.408 e. The monoisotopic (exact) mass is 791 g/mol. The minimum Gasteiger partial charge on any atom is -0.445 e. The molecule has 2 heterocycles. The lowest BCUT2D eigenvalue weighted by Gasteiger charge is -2.40. The van der Waals surface area contributed by atoms with Gasteiger partial charge in [0.15, 0.2) is 0 Å². The molecule has 306 valence electrons. The number of methoxy groups -OCH3 is 2. The van der Waals surface area contributed by atoms with Crippen molar-refractivity contribution in [3.63, 3.8) is 0 Å². The first kappa shape index (κ1) is 44.4. The molecule has 0 aliphatic carbocycles. The van der Waals surface area contributed by atoms with Crippen LogP contribution in [0, 0.1) is 17.8 Å². The van der Waals surface area contributed by atoms with Crippen LogP contribution in [-0.4, -0.2) is 96.7 Å². The Morgan fingerprint density at radius 1 is 0.946 bits per heavy atom. The van der Waals surface area contributed by atoms with Crippen molar-refractivity contribution in [1.82, 2.24) is 25.4 Å². The summed E-state index contributed by atoms with van der Waals surface area (Å²) < 4.78 is 17.5. The van der Waals surface area contributed by atoms with Crippen molar-refractivity contribution in [2.75, 3.05) is 27.8 Å². The van der Waals surface area contributed by atoms with E-state index in [0.717, 1.165) is 29.0 Å². The molecule has 8 atom stereocenters. The van der Waals surface area contributed by atoms with E-state index in [1.54, 1.807) is 32.4 Å². The molecule has 1 saturated heterocycles. The van der Waals surface area contributed by atoms with Gasteiger partial charge >= 0.3 is 6.09 Å². The zero-order chi connectivity index (χ0) is 40.8. The lowest BCUT2D eigenvalue weighted by molar-refractivity contribution is -0.147. The number of amides is 4. The second kappa shape index (κ2) is 21.8. The lowest BCUT2D eigenvalue weighted by atomic mass is 9.89. The molecule has 12 nitrogen and oxygen atoms in total. The van der Waals surface area contributed by atoms with Crippen LogP contribution in [0.2, 0.25) is 0 Å². The van der Waals surface area contributed by atoms with E-state index in [4.69, 9.17) is 14.2 Å². The highest BCUT2D eigenvalue weighted by atomic mass is 32.1. The van der Waals surface area contributed by atoms with Gasteiger partial charge in [-0.05, 0) is 42.2 Å². The number of hydrogen-bond donors (Lipinski definition) is 2. The number of carbonyl (C=O) groups excluding carboxylic acids is 4. The van der Waals surface area contributed by atoms with E-state index in [1.807, 2.05) is 106 Å². The molecule has 0 bridgehead atoms. The molecule has 4 rings (SSSR count). The third-order valence-electron chi connectivity index (χ3n) is 11.0. The van der Waals surface area contributed by atoms with Crippen molar-refractivity contribution >= 4 is 35.2 Å². The number of rotatable bonds is 20.